The molecule has 1 aliphatic carbocycles. The Hall–Kier alpha value is -1.35. The first-order valence-corrected chi connectivity index (χ1v) is 7.33. The lowest BCUT2D eigenvalue weighted by Gasteiger charge is -2.16. The maximum atomic E-state index is 12.4. The third kappa shape index (κ3) is 2.88. The van der Waals surface area contributed by atoms with Crippen molar-refractivity contribution in [3.05, 3.63) is 34.9 Å². The molecule has 0 amide bonds. The van der Waals surface area contributed by atoms with Gasteiger partial charge in [0.15, 0.2) is 5.78 Å². The van der Waals surface area contributed by atoms with Crippen LogP contribution < -0.4 is 0 Å². The fourth-order valence-electron chi connectivity index (χ4n) is 3.07. The molecule has 0 aliphatic heterocycles. The molecule has 0 saturated heterocycles. The van der Waals surface area contributed by atoms with Gasteiger partial charge in [-0.25, -0.2) is 0 Å². The number of benzene rings is 1. The van der Waals surface area contributed by atoms with E-state index in [1.54, 1.807) is 12.1 Å². The number of halogens is 1. The van der Waals surface area contributed by atoms with Crippen molar-refractivity contribution in [2.45, 2.75) is 32.1 Å². The molecule has 0 aromatic heterocycles. The Balaban J connectivity index is 2.31. The van der Waals surface area contributed by atoms with E-state index in [9.17, 15) is 9.59 Å². The number of ketones is 1. The fourth-order valence-corrected chi connectivity index (χ4v) is 3.19. The second-order valence-electron chi connectivity index (χ2n) is 5.28. The van der Waals surface area contributed by atoms with Crippen molar-refractivity contribution in [2.75, 3.05) is 7.11 Å². The van der Waals surface area contributed by atoms with E-state index in [1.807, 2.05) is 12.1 Å². The molecule has 1 aliphatic rings. The Morgan fingerprint density at radius 1 is 1.35 bits per heavy atom. The third-order valence-electron chi connectivity index (χ3n) is 4.04. The average molecular weight is 295 g/mol. The summed E-state index contributed by atoms with van der Waals surface area (Å²) in [6.07, 6.45) is 2.49. The van der Waals surface area contributed by atoms with Crippen LogP contribution in [0.3, 0.4) is 0 Å². The molecule has 4 heteroatoms. The summed E-state index contributed by atoms with van der Waals surface area (Å²) >= 11 is 5.89. The number of rotatable bonds is 4. The highest BCUT2D eigenvalue weighted by Gasteiger charge is 2.46. The quantitative estimate of drug-likeness (QED) is 0.629. The minimum atomic E-state index is -0.669. The summed E-state index contributed by atoms with van der Waals surface area (Å²) in [5.74, 6) is -1.20. The van der Waals surface area contributed by atoms with Crippen molar-refractivity contribution in [1.29, 1.82) is 0 Å². The van der Waals surface area contributed by atoms with E-state index in [4.69, 9.17) is 16.3 Å². The molecular formula is C16H19ClO3. The second kappa shape index (κ2) is 6.40. The third-order valence-corrected chi connectivity index (χ3v) is 4.29. The Labute approximate surface area is 124 Å². The van der Waals surface area contributed by atoms with E-state index < -0.39 is 11.9 Å². The molecule has 3 atom stereocenters. The Morgan fingerprint density at radius 3 is 2.55 bits per heavy atom. The van der Waals surface area contributed by atoms with Crippen LogP contribution in [-0.2, 0) is 14.3 Å². The first-order chi connectivity index (χ1) is 9.58. The zero-order chi connectivity index (χ0) is 14.7. The molecule has 0 bridgehead atoms. The number of carbonyl (C=O) groups is 2. The standard InChI is InChI=1S/C16H19ClO3/c1-3-4-11-9-13(10-5-7-12(17)8-6-10)14(15(11)18)16(19)20-2/h5-8,11,13-14H,3-4,9H2,1-2H3/t11?,13-,14-/m1/s1. The Morgan fingerprint density at radius 2 is 2.00 bits per heavy atom. The van der Waals surface area contributed by atoms with Crippen LogP contribution >= 0.6 is 11.6 Å². The number of hydrogen-bond acceptors (Lipinski definition) is 3. The largest absolute Gasteiger partial charge is 0.468 e. The molecule has 0 heterocycles. The lowest BCUT2D eigenvalue weighted by molar-refractivity contribution is -0.149. The van der Waals surface area contributed by atoms with Gasteiger partial charge in [0.25, 0.3) is 0 Å². The van der Waals surface area contributed by atoms with E-state index in [2.05, 4.69) is 6.92 Å². The number of ether oxygens (including phenoxy) is 1. The van der Waals surface area contributed by atoms with Gasteiger partial charge < -0.3 is 4.74 Å². The van der Waals surface area contributed by atoms with Crippen LogP contribution in [0, 0.1) is 11.8 Å². The van der Waals surface area contributed by atoms with Crippen LogP contribution in [-0.4, -0.2) is 18.9 Å². The normalized spacial score (nSPS) is 25.8. The summed E-state index contributed by atoms with van der Waals surface area (Å²) in [5, 5.41) is 0.651. The fraction of sp³-hybridized carbons (Fsp3) is 0.500. The number of methoxy groups -OCH3 is 1. The van der Waals surface area contributed by atoms with Crippen molar-refractivity contribution >= 4 is 23.4 Å². The first kappa shape index (κ1) is 15.0. The summed E-state index contributed by atoms with van der Waals surface area (Å²) in [7, 11) is 1.34. The summed E-state index contributed by atoms with van der Waals surface area (Å²) < 4.78 is 4.82. The van der Waals surface area contributed by atoms with Crippen molar-refractivity contribution in [2.24, 2.45) is 11.8 Å². The average Bonchev–Trinajstić information content (AvgIpc) is 2.77. The van der Waals surface area contributed by atoms with Crippen LogP contribution in [0.15, 0.2) is 24.3 Å². The zero-order valence-electron chi connectivity index (χ0n) is 11.8. The van der Waals surface area contributed by atoms with E-state index in [0.29, 0.717) is 11.4 Å². The first-order valence-electron chi connectivity index (χ1n) is 6.95. The lowest BCUT2D eigenvalue weighted by Crippen LogP contribution is -2.26. The zero-order valence-corrected chi connectivity index (χ0v) is 12.5. The maximum absolute atomic E-state index is 12.4. The maximum Gasteiger partial charge on any atom is 0.316 e. The SMILES string of the molecule is CCCC1C[C@H](c2ccc(Cl)cc2)[C@@H](C(=O)OC)C1=O. The summed E-state index contributed by atoms with van der Waals surface area (Å²) in [6.45, 7) is 2.05. The Kier molecular flexibility index (Phi) is 4.81. The van der Waals surface area contributed by atoms with Crippen LogP contribution in [0.2, 0.25) is 5.02 Å². The number of Topliss-reactive ketones (excluding diaryl/α,β-unsaturated/α-hetero) is 1. The van der Waals surface area contributed by atoms with Crippen LogP contribution in [0.4, 0.5) is 0 Å². The highest BCUT2D eigenvalue weighted by molar-refractivity contribution is 6.30. The predicted octanol–water partition coefficient (Wildman–Crippen LogP) is 3.60. The molecule has 1 aromatic rings. The van der Waals surface area contributed by atoms with Gasteiger partial charge in [0, 0.05) is 16.9 Å². The van der Waals surface area contributed by atoms with Crippen molar-refractivity contribution in [3.63, 3.8) is 0 Å². The molecule has 0 radical (unpaired) electrons. The van der Waals surface area contributed by atoms with Gasteiger partial charge in [-0.05, 0) is 30.5 Å². The number of carbonyl (C=O) groups excluding carboxylic acids is 2. The van der Waals surface area contributed by atoms with Crippen LogP contribution in [0.25, 0.3) is 0 Å². The van der Waals surface area contributed by atoms with Gasteiger partial charge in [0.1, 0.15) is 5.92 Å². The predicted molar refractivity (Wildman–Crippen MR) is 77.7 cm³/mol. The molecule has 20 heavy (non-hydrogen) atoms. The van der Waals surface area contributed by atoms with Gasteiger partial charge in [0.2, 0.25) is 0 Å². The van der Waals surface area contributed by atoms with E-state index in [1.165, 1.54) is 7.11 Å². The van der Waals surface area contributed by atoms with Crippen LogP contribution in [0.1, 0.15) is 37.7 Å². The van der Waals surface area contributed by atoms with Crippen molar-refractivity contribution < 1.29 is 14.3 Å². The molecule has 1 aromatic carbocycles. The molecule has 1 fully saturated rings. The van der Waals surface area contributed by atoms with Crippen LogP contribution in [0.5, 0.6) is 0 Å². The highest BCUT2D eigenvalue weighted by Crippen LogP contribution is 2.43. The topological polar surface area (TPSA) is 43.4 Å². The summed E-state index contributed by atoms with van der Waals surface area (Å²) in [5.41, 5.74) is 0.983. The van der Waals surface area contributed by atoms with E-state index >= 15 is 0 Å². The minimum Gasteiger partial charge on any atom is -0.468 e. The smallest absolute Gasteiger partial charge is 0.316 e. The van der Waals surface area contributed by atoms with Gasteiger partial charge >= 0.3 is 5.97 Å². The number of hydrogen-bond donors (Lipinski definition) is 0. The Bertz CT molecular complexity index is 495. The van der Waals surface area contributed by atoms with E-state index in [-0.39, 0.29) is 17.6 Å². The molecule has 0 N–H and O–H groups in total. The lowest BCUT2D eigenvalue weighted by atomic mass is 9.88. The van der Waals surface area contributed by atoms with Crippen molar-refractivity contribution in [3.8, 4) is 0 Å². The monoisotopic (exact) mass is 294 g/mol. The highest BCUT2D eigenvalue weighted by atomic mass is 35.5. The number of esters is 1. The second-order valence-corrected chi connectivity index (χ2v) is 5.72. The summed E-state index contributed by atoms with van der Waals surface area (Å²) in [4.78, 5) is 24.4. The van der Waals surface area contributed by atoms with Gasteiger partial charge in [-0.2, -0.15) is 0 Å². The van der Waals surface area contributed by atoms with Gasteiger partial charge in [-0.1, -0.05) is 37.1 Å². The molecule has 0 spiro atoms. The van der Waals surface area contributed by atoms with Gasteiger partial charge in [-0.15, -0.1) is 0 Å². The van der Waals surface area contributed by atoms with Crippen molar-refractivity contribution in [1.82, 2.24) is 0 Å². The van der Waals surface area contributed by atoms with Gasteiger partial charge in [0.05, 0.1) is 7.11 Å². The molecular weight excluding hydrogens is 276 g/mol. The molecule has 108 valence electrons. The minimum absolute atomic E-state index is 0.0265. The molecule has 2 rings (SSSR count). The molecule has 1 saturated carbocycles. The van der Waals surface area contributed by atoms with Gasteiger partial charge in [-0.3, -0.25) is 9.59 Å². The van der Waals surface area contributed by atoms with E-state index in [0.717, 1.165) is 18.4 Å². The molecule has 1 unspecified atom stereocenters. The summed E-state index contributed by atoms with van der Waals surface area (Å²) in [6, 6.07) is 7.38. The molecule has 3 nitrogen and oxygen atoms in total.